The summed E-state index contributed by atoms with van der Waals surface area (Å²) >= 11 is 0. The highest BCUT2D eigenvalue weighted by atomic mass is 16.5. The average molecular weight is 284 g/mol. The van der Waals surface area contributed by atoms with Gasteiger partial charge in [0, 0.05) is 6.42 Å². The Kier molecular flexibility index (Phi) is 4.72. The summed E-state index contributed by atoms with van der Waals surface area (Å²) in [6.45, 7) is 1.77. The van der Waals surface area contributed by atoms with Gasteiger partial charge in [-0.3, -0.25) is 4.79 Å². The minimum Gasteiger partial charge on any atom is -0.497 e. The van der Waals surface area contributed by atoms with Crippen molar-refractivity contribution in [1.82, 2.24) is 0 Å². The van der Waals surface area contributed by atoms with Crippen molar-refractivity contribution in [3.8, 4) is 11.5 Å². The van der Waals surface area contributed by atoms with E-state index in [1.54, 1.807) is 62.6 Å². The molecule has 2 aromatic carbocycles. The number of Topliss-reactive ketones (excluding diaryl/α,β-unsaturated/α-hetero) is 1. The Hall–Kier alpha value is -2.62. The van der Waals surface area contributed by atoms with Gasteiger partial charge in [0.1, 0.15) is 11.5 Å². The Labute approximate surface area is 123 Å². The lowest BCUT2D eigenvalue weighted by Crippen LogP contribution is -2.11. The van der Waals surface area contributed by atoms with Crippen molar-refractivity contribution >= 4 is 11.8 Å². The van der Waals surface area contributed by atoms with Gasteiger partial charge in [-0.25, -0.2) is 4.79 Å². The zero-order chi connectivity index (χ0) is 15.2. The van der Waals surface area contributed by atoms with Crippen LogP contribution in [0.3, 0.4) is 0 Å². The molecule has 0 amide bonds. The molecule has 2 rings (SSSR count). The topological polar surface area (TPSA) is 52.6 Å². The summed E-state index contributed by atoms with van der Waals surface area (Å²) in [4.78, 5) is 23.9. The third-order valence-corrected chi connectivity index (χ3v) is 3.04. The van der Waals surface area contributed by atoms with Gasteiger partial charge in [0.25, 0.3) is 0 Å². The first-order valence-electron chi connectivity index (χ1n) is 6.64. The predicted molar refractivity (Wildman–Crippen MR) is 79.0 cm³/mol. The van der Waals surface area contributed by atoms with Crippen LogP contribution in [0.4, 0.5) is 0 Å². The van der Waals surface area contributed by atoms with Gasteiger partial charge in [-0.1, -0.05) is 19.1 Å². The van der Waals surface area contributed by atoms with E-state index in [0.717, 1.165) is 0 Å². The summed E-state index contributed by atoms with van der Waals surface area (Å²) in [6.07, 6.45) is 0.358. The van der Waals surface area contributed by atoms with E-state index in [4.69, 9.17) is 9.47 Å². The van der Waals surface area contributed by atoms with Gasteiger partial charge in [-0.05, 0) is 36.4 Å². The number of carbonyl (C=O) groups excluding carboxylic acids is 2. The SMILES string of the molecule is CCC(=O)c1ccccc1OC(=O)c1ccc(OC)cc1. The number of hydrogen-bond acceptors (Lipinski definition) is 4. The second-order valence-electron chi connectivity index (χ2n) is 4.39. The van der Waals surface area contributed by atoms with Crippen LogP contribution in [0, 0.1) is 0 Å². The van der Waals surface area contributed by atoms with E-state index in [0.29, 0.717) is 23.3 Å². The highest BCUT2D eigenvalue weighted by Gasteiger charge is 2.14. The summed E-state index contributed by atoms with van der Waals surface area (Å²) in [5, 5.41) is 0. The van der Waals surface area contributed by atoms with Crippen molar-refractivity contribution in [3.63, 3.8) is 0 Å². The van der Waals surface area contributed by atoms with Crippen LogP contribution in [0.25, 0.3) is 0 Å². The number of para-hydroxylation sites is 1. The Bertz CT molecular complexity index is 644. The molecule has 0 saturated carbocycles. The summed E-state index contributed by atoms with van der Waals surface area (Å²) in [7, 11) is 1.56. The van der Waals surface area contributed by atoms with Crippen LogP contribution < -0.4 is 9.47 Å². The average Bonchev–Trinajstić information content (AvgIpc) is 2.54. The fourth-order valence-electron chi connectivity index (χ4n) is 1.86. The van der Waals surface area contributed by atoms with E-state index in [-0.39, 0.29) is 11.5 Å². The number of methoxy groups -OCH3 is 1. The molecule has 21 heavy (non-hydrogen) atoms. The zero-order valence-electron chi connectivity index (χ0n) is 12.0. The lowest BCUT2D eigenvalue weighted by atomic mass is 10.1. The second-order valence-corrected chi connectivity index (χ2v) is 4.39. The monoisotopic (exact) mass is 284 g/mol. The van der Waals surface area contributed by atoms with E-state index >= 15 is 0 Å². The molecule has 0 aliphatic rings. The molecule has 0 radical (unpaired) electrons. The van der Waals surface area contributed by atoms with Crippen LogP contribution in [0.15, 0.2) is 48.5 Å². The van der Waals surface area contributed by atoms with Crippen molar-refractivity contribution in [3.05, 3.63) is 59.7 Å². The van der Waals surface area contributed by atoms with Crippen molar-refractivity contribution in [2.75, 3.05) is 7.11 Å². The first kappa shape index (κ1) is 14.8. The summed E-state index contributed by atoms with van der Waals surface area (Å²) < 4.78 is 10.4. The molecule has 4 heteroatoms. The van der Waals surface area contributed by atoms with E-state index in [9.17, 15) is 9.59 Å². The third kappa shape index (κ3) is 3.48. The fraction of sp³-hybridized carbons (Fsp3) is 0.176. The molecule has 0 aliphatic carbocycles. The molecular formula is C17H16O4. The van der Waals surface area contributed by atoms with Gasteiger partial charge in [-0.2, -0.15) is 0 Å². The van der Waals surface area contributed by atoms with Crippen LogP contribution in [-0.2, 0) is 0 Å². The molecule has 0 fully saturated rings. The Morgan fingerprint density at radius 1 is 1.00 bits per heavy atom. The van der Waals surface area contributed by atoms with Gasteiger partial charge >= 0.3 is 5.97 Å². The van der Waals surface area contributed by atoms with E-state index in [1.165, 1.54) is 0 Å². The highest BCUT2D eigenvalue weighted by Crippen LogP contribution is 2.21. The minimum atomic E-state index is -0.506. The van der Waals surface area contributed by atoms with Gasteiger partial charge in [0.05, 0.1) is 18.2 Å². The van der Waals surface area contributed by atoms with Crippen LogP contribution in [0.1, 0.15) is 34.1 Å². The number of hydrogen-bond donors (Lipinski definition) is 0. The number of esters is 1. The van der Waals surface area contributed by atoms with Crippen molar-refractivity contribution in [2.24, 2.45) is 0 Å². The molecule has 0 spiro atoms. The van der Waals surface area contributed by atoms with E-state index in [2.05, 4.69) is 0 Å². The van der Waals surface area contributed by atoms with Crippen LogP contribution in [0.5, 0.6) is 11.5 Å². The molecule has 0 atom stereocenters. The molecule has 0 heterocycles. The van der Waals surface area contributed by atoms with Crippen molar-refractivity contribution in [1.29, 1.82) is 0 Å². The van der Waals surface area contributed by atoms with Crippen molar-refractivity contribution < 1.29 is 19.1 Å². The van der Waals surface area contributed by atoms with E-state index < -0.39 is 5.97 Å². The first-order chi connectivity index (χ1) is 10.2. The highest BCUT2D eigenvalue weighted by molar-refractivity contribution is 6.00. The van der Waals surface area contributed by atoms with Gasteiger partial charge in [-0.15, -0.1) is 0 Å². The van der Waals surface area contributed by atoms with Gasteiger partial charge < -0.3 is 9.47 Å². The maximum Gasteiger partial charge on any atom is 0.343 e. The smallest absolute Gasteiger partial charge is 0.343 e. The Morgan fingerprint density at radius 2 is 1.67 bits per heavy atom. The van der Waals surface area contributed by atoms with Gasteiger partial charge in [0.15, 0.2) is 5.78 Å². The third-order valence-electron chi connectivity index (χ3n) is 3.04. The molecule has 108 valence electrons. The molecule has 2 aromatic rings. The summed E-state index contributed by atoms with van der Waals surface area (Å²) in [5.74, 6) is 0.375. The zero-order valence-corrected chi connectivity index (χ0v) is 12.0. The Morgan fingerprint density at radius 3 is 2.29 bits per heavy atom. The van der Waals surface area contributed by atoms with Gasteiger partial charge in [0.2, 0.25) is 0 Å². The molecule has 0 N–H and O–H groups in total. The molecule has 0 aromatic heterocycles. The number of ether oxygens (including phenoxy) is 2. The van der Waals surface area contributed by atoms with Crippen LogP contribution in [-0.4, -0.2) is 18.9 Å². The maximum atomic E-state index is 12.1. The largest absolute Gasteiger partial charge is 0.497 e. The molecule has 0 aliphatic heterocycles. The number of ketones is 1. The fourth-order valence-corrected chi connectivity index (χ4v) is 1.86. The molecule has 0 unspecified atom stereocenters. The molecule has 0 bridgehead atoms. The van der Waals surface area contributed by atoms with Crippen molar-refractivity contribution in [2.45, 2.75) is 13.3 Å². The quantitative estimate of drug-likeness (QED) is 0.479. The van der Waals surface area contributed by atoms with Crippen LogP contribution >= 0.6 is 0 Å². The lowest BCUT2D eigenvalue weighted by Gasteiger charge is -2.09. The van der Waals surface area contributed by atoms with E-state index in [1.807, 2.05) is 0 Å². The standard InChI is InChI=1S/C17H16O4/c1-3-15(18)14-6-4-5-7-16(14)21-17(19)12-8-10-13(20-2)11-9-12/h4-11H,3H2,1-2H3. The summed E-state index contributed by atoms with van der Waals surface area (Å²) in [6, 6.07) is 13.3. The predicted octanol–water partition coefficient (Wildman–Crippen LogP) is 3.51. The number of carbonyl (C=O) groups is 2. The maximum absolute atomic E-state index is 12.1. The normalized spacial score (nSPS) is 10.0. The number of benzene rings is 2. The Balaban J connectivity index is 2.21. The lowest BCUT2D eigenvalue weighted by molar-refractivity contribution is 0.0732. The summed E-state index contributed by atoms with van der Waals surface area (Å²) in [5.41, 5.74) is 0.816. The molecule has 0 saturated heterocycles. The first-order valence-corrected chi connectivity index (χ1v) is 6.64. The van der Waals surface area contributed by atoms with Crippen LogP contribution in [0.2, 0.25) is 0 Å². The second kappa shape index (κ2) is 6.70. The number of rotatable bonds is 5. The minimum absolute atomic E-state index is 0.0619. The molecule has 4 nitrogen and oxygen atoms in total. The molecular weight excluding hydrogens is 268 g/mol.